The van der Waals surface area contributed by atoms with Crippen LogP contribution >= 0.6 is 0 Å². The van der Waals surface area contributed by atoms with Crippen molar-refractivity contribution in [3.8, 4) is 5.75 Å². The van der Waals surface area contributed by atoms with E-state index in [0.717, 1.165) is 0 Å². The largest absolute Gasteiger partial charge is 0.483 e. The SMILES string of the molecule is CC(C)c1cc(NC(=O)COC(=O)c2ccccc2OCC(N)=O)on1. The summed E-state index contributed by atoms with van der Waals surface area (Å²) in [5.41, 5.74) is 5.78. The van der Waals surface area contributed by atoms with Crippen LogP contribution in [0.2, 0.25) is 0 Å². The van der Waals surface area contributed by atoms with E-state index in [4.69, 9.17) is 19.7 Å². The molecule has 0 aliphatic carbocycles. The summed E-state index contributed by atoms with van der Waals surface area (Å²) in [5, 5.41) is 6.25. The second kappa shape index (κ2) is 8.65. The number of hydrogen-bond acceptors (Lipinski definition) is 7. The monoisotopic (exact) mass is 361 g/mol. The molecule has 26 heavy (non-hydrogen) atoms. The molecule has 1 aromatic carbocycles. The molecule has 0 aliphatic heterocycles. The van der Waals surface area contributed by atoms with Gasteiger partial charge in [0, 0.05) is 6.07 Å². The Balaban J connectivity index is 1.91. The number of nitrogens with one attached hydrogen (secondary N) is 1. The third kappa shape index (κ3) is 5.33. The summed E-state index contributed by atoms with van der Waals surface area (Å²) in [6, 6.07) is 7.74. The Morgan fingerprint density at radius 3 is 2.62 bits per heavy atom. The Labute approximate surface area is 149 Å². The van der Waals surface area contributed by atoms with Crippen LogP contribution in [-0.2, 0) is 14.3 Å². The molecular weight excluding hydrogens is 342 g/mol. The quantitative estimate of drug-likeness (QED) is 0.680. The summed E-state index contributed by atoms with van der Waals surface area (Å²) in [6.07, 6.45) is 0. The number of rotatable bonds is 8. The average molecular weight is 361 g/mol. The van der Waals surface area contributed by atoms with Crippen molar-refractivity contribution in [3.63, 3.8) is 0 Å². The number of para-hydroxylation sites is 1. The van der Waals surface area contributed by atoms with Crippen LogP contribution in [0.3, 0.4) is 0 Å². The zero-order valence-electron chi connectivity index (χ0n) is 14.4. The first kappa shape index (κ1) is 19.0. The lowest BCUT2D eigenvalue weighted by molar-refractivity contribution is -0.120. The van der Waals surface area contributed by atoms with E-state index >= 15 is 0 Å². The Bertz CT molecular complexity index is 799. The molecule has 0 unspecified atom stereocenters. The van der Waals surface area contributed by atoms with Crippen molar-refractivity contribution in [1.29, 1.82) is 0 Å². The van der Waals surface area contributed by atoms with Gasteiger partial charge < -0.3 is 19.7 Å². The highest BCUT2D eigenvalue weighted by atomic mass is 16.5. The number of anilines is 1. The van der Waals surface area contributed by atoms with Crippen molar-refractivity contribution in [2.75, 3.05) is 18.5 Å². The Hall–Kier alpha value is -3.36. The van der Waals surface area contributed by atoms with Crippen LogP contribution in [0.1, 0.15) is 35.8 Å². The molecule has 3 N–H and O–H groups in total. The molecule has 1 heterocycles. The molecule has 0 atom stereocenters. The molecule has 0 bridgehead atoms. The molecule has 2 rings (SSSR count). The van der Waals surface area contributed by atoms with Crippen molar-refractivity contribution >= 4 is 23.7 Å². The molecule has 0 spiro atoms. The molecule has 0 saturated carbocycles. The first-order valence-electron chi connectivity index (χ1n) is 7.80. The van der Waals surface area contributed by atoms with Crippen LogP contribution in [-0.4, -0.2) is 36.2 Å². The molecule has 0 fully saturated rings. The van der Waals surface area contributed by atoms with Crippen molar-refractivity contribution in [3.05, 3.63) is 41.6 Å². The summed E-state index contributed by atoms with van der Waals surface area (Å²) < 4.78 is 15.1. The van der Waals surface area contributed by atoms with Gasteiger partial charge in [-0.25, -0.2) is 4.79 Å². The van der Waals surface area contributed by atoms with Gasteiger partial charge in [0.15, 0.2) is 13.2 Å². The fourth-order valence-corrected chi connectivity index (χ4v) is 1.91. The van der Waals surface area contributed by atoms with E-state index in [2.05, 4.69) is 10.5 Å². The van der Waals surface area contributed by atoms with Crippen LogP contribution in [0.5, 0.6) is 5.75 Å². The number of nitrogens with two attached hydrogens (primary N) is 1. The smallest absolute Gasteiger partial charge is 0.342 e. The minimum absolute atomic E-state index is 0.0725. The van der Waals surface area contributed by atoms with E-state index in [1.807, 2.05) is 13.8 Å². The predicted molar refractivity (Wildman–Crippen MR) is 90.6 cm³/mol. The summed E-state index contributed by atoms with van der Waals surface area (Å²) in [5.74, 6) is -1.59. The van der Waals surface area contributed by atoms with E-state index < -0.39 is 24.4 Å². The number of aromatic nitrogens is 1. The van der Waals surface area contributed by atoms with Crippen LogP contribution in [0.15, 0.2) is 34.9 Å². The van der Waals surface area contributed by atoms with Crippen molar-refractivity contribution in [2.24, 2.45) is 5.73 Å². The third-order valence-corrected chi connectivity index (χ3v) is 3.19. The highest BCUT2D eigenvalue weighted by molar-refractivity contribution is 5.96. The second-order valence-electron chi connectivity index (χ2n) is 5.65. The lowest BCUT2D eigenvalue weighted by atomic mass is 10.1. The van der Waals surface area contributed by atoms with Crippen LogP contribution < -0.4 is 15.8 Å². The van der Waals surface area contributed by atoms with Gasteiger partial charge in [0.2, 0.25) is 5.88 Å². The standard InChI is InChI=1S/C17H19N3O6/c1-10(2)12-7-16(26-20-12)19-15(22)9-25-17(23)11-5-3-4-6-13(11)24-8-14(18)21/h3-7,10H,8-9H2,1-2H3,(H2,18,21)(H,19,22). The Morgan fingerprint density at radius 1 is 1.23 bits per heavy atom. The fraction of sp³-hybridized carbons (Fsp3) is 0.294. The number of ether oxygens (including phenoxy) is 2. The molecule has 2 aromatic rings. The van der Waals surface area contributed by atoms with Gasteiger partial charge in [0.05, 0.1) is 5.69 Å². The summed E-state index contributed by atoms with van der Waals surface area (Å²) >= 11 is 0. The molecule has 2 amide bonds. The number of nitrogens with zero attached hydrogens (tertiary/aromatic N) is 1. The number of carbonyl (C=O) groups is 3. The Morgan fingerprint density at radius 2 is 1.96 bits per heavy atom. The zero-order chi connectivity index (χ0) is 19.1. The third-order valence-electron chi connectivity index (χ3n) is 3.19. The molecule has 9 heteroatoms. The number of primary amides is 1. The van der Waals surface area contributed by atoms with Crippen molar-refractivity contribution in [1.82, 2.24) is 5.16 Å². The van der Waals surface area contributed by atoms with E-state index in [1.54, 1.807) is 18.2 Å². The van der Waals surface area contributed by atoms with E-state index in [9.17, 15) is 14.4 Å². The molecular formula is C17H19N3O6. The lowest BCUT2D eigenvalue weighted by Crippen LogP contribution is -2.22. The first-order valence-corrected chi connectivity index (χ1v) is 7.80. The molecule has 9 nitrogen and oxygen atoms in total. The van der Waals surface area contributed by atoms with Gasteiger partial charge in [-0.15, -0.1) is 0 Å². The molecule has 0 saturated heterocycles. The van der Waals surface area contributed by atoms with Crippen LogP contribution in [0.4, 0.5) is 5.88 Å². The number of carbonyl (C=O) groups excluding carboxylic acids is 3. The summed E-state index contributed by atoms with van der Waals surface area (Å²) in [4.78, 5) is 34.8. The summed E-state index contributed by atoms with van der Waals surface area (Å²) in [7, 11) is 0. The average Bonchev–Trinajstić information content (AvgIpc) is 3.07. The molecule has 138 valence electrons. The van der Waals surface area contributed by atoms with E-state index in [1.165, 1.54) is 12.1 Å². The van der Waals surface area contributed by atoms with E-state index in [0.29, 0.717) is 5.69 Å². The zero-order valence-corrected chi connectivity index (χ0v) is 14.4. The highest BCUT2D eigenvalue weighted by Crippen LogP contribution is 2.19. The summed E-state index contributed by atoms with van der Waals surface area (Å²) in [6.45, 7) is 2.96. The van der Waals surface area contributed by atoms with Crippen molar-refractivity contribution < 1.29 is 28.4 Å². The lowest BCUT2D eigenvalue weighted by Gasteiger charge is -2.09. The number of benzene rings is 1. The van der Waals surface area contributed by atoms with Gasteiger partial charge in [-0.2, -0.15) is 0 Å². The second-order valence-corrected chi connectivity index (χ2v) is 5.65. The normalized spacial score (nSPS) is 10.4. The van der Waals surface area contributed by atoms with Gasteiger partial charge in [-0.1, -0.05) is 31.1 Å². The maximum absolute atomic E-state index is 12.1. The van der Waals surface area contributed by atoms with Gasteiger partial charge in [0.25, 0.3) is 11.8 Å². The van der Waals surface area contributed by atoms with Gasteiger partial charge in [-0.05, 0) is 18.1 Å². The van der Waals surface area contributed by atoms with Crippen molar-refractivity contribution in [2.45, 2.75) is 19.8 Å². The number of amides is 2. The minimum atomic E-state index is -0.777. The Kier molecular flexibility index (Phi) is 6.31. The highest BCUT2D eigenvalue weighted by Gasteiger charge is 2.17. The van der Waals surface area contributed by atoms with Crippen LogP contribution in [0.25, 0.3) is 0 Å². The maximum Gasteiger partial charge on any atom is 0.342 e. The maximum atomic E-state index is 12.1. The van der Waals surface area contributed by atoms with Gasteiger partial charge in [-0.3, -0.25) is 14.9 Å². The first-order chi connectivity index (χ1) is 12.4. The minimum Gasteiger partial charge on any atom is -0.483 e. The fourth-order valence-electron chi connectivity index (χ4n) is 1.91. The number of hydrogen-bond donors (Lipinski definition) is 2. The molecule has 0 aliphatic rings. The predicted octanol–water partition coefficient (Wildman–Crippen LogP) is 1.46. The van der Waals surface area contributed by atoms with Crippen LogP contribution in [0, 0.1) is 0 Å². The van der Waals surface area contributed by atoms with Gasteiger partial charge in [0.1, 0.15) is 11.3 Å². The van der Waals surface area contributed by atoms with Gasteiger partial charge >= 0.3 is 5.97 Å². The molecule has 0 radical (unpaired) electrons. The number of esters is 1. The van der Waals surface area contributed by atoms with E-state index in [-0.39, 0.29) is 29.7 Å². The molecule has 1 aromatic heterocycles. The topological polar surface area (TPSA) is 134 Å².